The van der Waals surface area contributed by atoms with Crippen molar-refractivity contribution in [1.29, 1.82) is 0 Å². The molecular formula is C8H9F3N2O3S. The van der Waals surface area contributed by atoms with E-state index in [-0.39, 0.29) is 10.6 Å². The number of carbonyl (C=O) groups excluding carboxylic acids is 1. The van der Waals surface area contributed by atoms with Crippen molar-refractivity contribution in [2.75, 3.05) is 6.54 Å². The van der Waals surface area contributed by atoms with Crippen LogP contribution in [0.15, 0.2) is 17.2 Å². The van der Waals surface area contributed by atoms with Gasteiger partial charge >= 0.3 is 6.18 Å². The van der Waals surface area contributed by atoms with E-state index in [2.05, 4.69) is 0 Å². The fraction of sp³-hybridized carbons (Fsp3) is 0.375. The molecule has 5 nitrogen and oxygen atoms in total. The highest BCUT2D eigenvalue weighted by Gasteiger charge is 2.28. The fourth-order valence-corrected chi connectivity index (χ4v) is 1.59. The zero-order valence-electron chi connectivity index (χ0n) is 8.61. The van der Waals surface area contributed by atoms with Crippen LogP contribution in [0, 0.1) is 0 Å². The van der Waals surface area contributed by atoms with Gasteiger partial charge in [-0.25, -0.2) is 4.21 Å². The van der Waals surface area contributed by atoms with Gasteiger partial charge in [0.1, 0.15) is 12.2 Å². The Morgan fingerprint density at radius 1 is 1.59 bits per heavy atom. The van der Waals surface area contributed by atoms with Crippen LogP contribution in [0.3, 0.4) is 0 Å². The average molecular weight is 270 g/mol. The molecule has 1 amide bonds. The van der Waals surface area contributed by atoms with E-state index in [0.717, 1.165) is 6.07 Å². The third kappa shape index (κ3) is 3.86. The molecule has 17 heavy (non-hydrogen) atoms. The third-order valence-electron chi connectivity index (χ3n) is 1.86. The molecule has 0 fully saturated rings. The predicted molar refractivity (Wildman–Crippen MR) is 52.8 cm³/mol. The van der Waals surface area contributed by atoms with Gasteiger partial charge in [-0.05, 0) is 6.07 Å². The van der Waals surface area contributed by atoms with Gasteiger partial charge < -0.3 is 14.4 Å². The first-order valence-corrected chi connectivity index (χ1v) is 5.43. The van der Waals surface area contributed by atoms with Crippen molar-refractivity contribution >= 4 is 17.0 Å². The Labute approximate surface area is 96.9 Å². The number of alkyl halides is 3. The summed E-state index contributed by atoms with van der Waals surface area (Å²) in [5, 5.41) is 1.67. The highest BCUT2D eigenvalue weighted by molar-refractivity contribution is 7.79. The molecule has 0 aliphatic rings. The second kappa shape index (κ2) is 4.88. The van der Waals surface area contributed by atoms with Crippen molar-refractivity contribution in [2.24, 2.45) is 7.05 Å². The maximum atomic E-state index is 11.9. The number of aromatic nitrogens is 1. The van der Waals surface area contributed by atoms with Crippen molar-refractivity contribution in [3.63, 3.8) is 0 Å². The van der Waals surface area contributed by atoms with E-state index < -0.39 is 29.7 Å². The summed E-state index contributed by atoms with van der Waals surface area (Å²) in [5.74, 6) is -0.957. The van der Waals surface area contributed by atoms with Crippen LogP contribution in [0.25, 0.3) is 0 Å². The molecule has 0 bridgehead atoms. The quantitative estimate of drug-likeness (QED) is 0.801. The molecule has 1 heterocycles. The molecule has 2 N–H and O–H groups in total. The minimum Gasteiger partial charge on any atom is -0.345 e. The summed E-state index contributed by atoms with van der Waals surface area (Å²) in [6, 6.07) is 1.06. The number of hydrogen-bond donors (Lipinski definition) is 2. The maximum Gasteiger partial charge on any atom is 0.405 e. The molecule has 0 aromatic carbocycles. The van der Waals surface area contributed by atoms with Gasteiger partial charge in [-0.2, -0.15) is 13.2 Å². The number of hydrogen-bond acceptors (Lipinski definition) is 2. The molecule has 1 aromatic rings. The van der Waals surface area contributed by atoms with Crippen LogP contribution in [0.4, 0.5) is 13.2 Å². The average Bonchev–Trinajstić information content (AvgIpc) is 2.56. The van der Waals surface area contributed by atoms with Crippen LogP contribution >= 0.6 is 0 Å². The Kier molecular flexibility index (Phi) is 3.94. The lowest BCUT2D eigenvalue weighted by Gasteiger charge is -2.08. The lowest BCUT2D eigenvalue weighted by Crippen LogP contribution is -2.34. The monoisotopic (exact) mass is 270 g/mol. The van der Waals surface area contributed by atoms with E-state index in [4.69, 9.17) is 4.55 Å². The molecular weight excluding hydrogens is 261 g/mol. The number of amides is 1. The zero-order chi connectivity index (χ0) is 13.2. The Hall–Kier alpha value is -1.35. The maximum absolute atomic E-state index is 11.9. The van der Waals surface area contributed by atoms with Gasteiger partial charge in [0.2, 0.25) is 0 Å². The van der Waals surface area contributed by atoms with Crippen LogP contribution < -0.4 is 5.32 Å². The first-order valence-electron chi connectivity index (χ1n) is 4.33. The van der Waals surface area contributed by atoms with Crippen molar-refractivity contribution in [2.45, 2.75) is 11.1 Å². The second-order valence-corrected chi connectivity index (χ2v) is 4.19. The van der Waals surface area contributed by atoms with Crippen molar-refractivity contribution in [3.8, 4) is 0 Å². The Morgan fingerprint density at radius 3 is 2.59 bits per heavy atom. The molecule has 96 valence electrons. The number of rotatable bonds is 3. The van der Waals surface area contributed by atoms with Gasteiger partial charge in [0.25, 0.3) is 5.91 Å². The van der Waals surface area contributed by atoms with Crippen LogP contribution in [-0.4, -0.2) is 32.0 Å². The summed E-state index contributed by atoms with van der Waals surface area (Å²) in [5.41, 5.74) is -0.119. The van der Waals surface area contributed by atoms with Crippen LogP contribution in [0.1, 0.15) is 10.5 Å². The Balaban J connectivity index is 2.79. The molecule has 1 atom stereocenters. The van der Waals surface area contributed by atoms with E-state index >= 15 is 0 Å². The normalized spacial score (nSPS) is 13.5. The second-order valence-electron chi connectivity index (χ2n) is 3.22. The summed E-state index contributed by atoms with van der Waals surface area (Å²) in [6.07, 6.45) is -3.30. The first-order chi connectivity index (χ1) is 7.70. The van der Waals surface area contributed by atoms with Crippen molar-refractivity contribution in [1.82, 2.24) is 9.88 Å². The molecule has 1 unspecified atom stereocenters. The van der Waals surface area contributed by atoms with Gasteiger partial charge in [-0.1, -0.05) is 0 Å². The highest BCUT2D eigenvalue weighted by Crippen LogP contribution is 2.14. The molecule has 9 heteroatoms. The smallest absolute Gasteiger partial charge is 0.345 e. The van der Waals surface area contributed by atoms with Crippen LogP contribution in [0.5, 0.6) is 0 Å². The minimum atomic E-state index is -4.50. The summed E-state index contributed by atoms with van der Waals surface area (Å²) < 4.78 is 56.2. The first kappa shape index (κ1) is 13.7. The van der Waals surface area contributed by atoms with E-state index in [9.17, 15) is 22.2 Å². The molecule has 1 rings (SSSR count). The lowest BCUT2D eigenvalue weighted by atomic mass is 10.4. The fourth-order valence-electron chi connectivity index (χ4n) is 1.13. The highest BCUT2D eigenvalue weighted by atomic mass is 32.2. The third-order valence-corrected chi connectivity index (χ3v) is 2.49. The van der Waals surface area contributed by atoms with E-state index in [1.54, 1.807) is 5.32 Å². The molecule has 0 spiro atoms. The molecule has 1 aromatic heterocycles. The number of carbonyl (C=O) groups is 1. The summed E-state index contributed by atoms with van der Waals surface area (Å²) in [4.78, 5) is 11.3. The molecule has 0 radical (unpaired) electrons. The van der Waals surface area contributed by atoms with Crippen molar-refractivity contribution < 1.29 is 26.7 Å². The van der Waals surface area contributed by atoms with Gasteiger partial charge in [0, 0.05) is 13.2 Å². The zero-order valence-corrected chi connectivity index (χ0v) is 9.43. The lowest BCUT2D eigenvalue weighted by molar-refractivity contribution is -0.123. The van der Waals surface area contributed by atoms with Gasteiger partial charge in [-0.15, -0.1) is 0 Å². The predicted octanol–water partition coefficient (Wildman–Crippen LogP) is 0.898. The van der Waals surface area contributed by atoms with Gasteiger partial charge in [-0.3, -0.25) is 4.79 Å². The number of nitrogens with zero attached hydrogens (tertiary/aromatic N) is 1. The largest absolute Gasteiger partial charge is 0.405 e. The van der Waals surface area contributed by atoms with E-state index in [1.807, 2.05) is 0 Å². The summed E-state index contributed by atoms with van der Waals surface area (Å²) in [6.45, 7) is -1.45. The van der Waals surface area contributed by atoms with E-state index in [0.29, 0.717) is 0 Å². The van der Waals surface area contributed by atoms with Gasteiger partial charge in [0.15, 0.2) is 11.1 Å². The molecule has 0 aliphatic heterocycles. The number of halogens is 3. The minimum absolute atomic E-state index is 0.0512. The molecule has 0 aliphatic carbocycles. The van der Waals surface area contributed by atoms with Crippen LogP contribution in [0.2, 0.25) is 0 Å². The molecule has 0 saturated carbocycles. The number of nitrogens with one attached hydrogen (secondary N) is 1. The van der Waals surface area contributed by atoms with Crippen LogP contribution in [-0.2, 0) is 18.1 Å². The summed E-state index contributed by atoms with van der Waals surface area (Å²) >= 11 is -2.28. The standard InChI is InChI=1S/C8H9F3N2O3S/c1-13-3-5(17(15)16)2-6(13)7(14)12-4-8(9,10)11/h2-3H,4H2,1H3,(H,12,14)(H,15,16). The summed E-state index contributed by atoms with van der Waals surface area (Å²) in [7, 11) is 1.39. The molecule has 0 saturated heterocycles. The van der Waals surface area contributed by atoms with E-state index in [1.165, 1.54) is 17.8 Å². The Morgan fingerprint density at radius 2 is 2.18 bits per heavy atom. The topological polar surface area (TPSA) is 71.3 Å². The SMILES string of the molecule is Cn1cc(S(=O)O)cc1C(=O)NCC(F)(F)F. The van der Waals surface area contributed by atoms with Crippen molar-refractivity contribution in [3.05, 3.63) is 18.0 Å². The van der Waals surface area contributed by atoms with Gasteiger partial charge in [0.05, 0.1) is 4.90 Å². The number of aryl methyl sites for hydroxylation is 1. The Bertz CT molecular complexity index is 455.